The number of halogens is 4. The molecule has 0 radical (unpaired) electrons. The zero-order chi connectivity index (χ0) is 23.3. The van der Waals surface area contributed by atoms with Gasteiger partial charge in [-0.1, -0.05) is 11.3 Å². The lowest BCUT2D eigenvalue weighted by Crippen LogP contribution is -2.38. The molecule has 4 aromatic rings. The first-order valence-electron chi connectivity index (χ1n) is 10.2. The fourth-order valence-electron chi connectivity index (χ4n) is 4.15. The van der Waals surface area contributed by atoms with Crippen LogP contribution in [0.5, 0.6) is 5.88 Å². The molecule has 1 aliphatic rings. The molecule has 174 valence electrons. The Morgan fingerprint density at radius 2 is 2.12 bits per heavy atom. The Balaban J connectivity index is 1.59. The molecule has 0 aliphatic carbocycles. The van der Waals surface area contributed by atoms with Crippen LogP contribution in [0.25, 0.3) is 27.7 Å². The molecule has 5 rings (SSSR count). The lowest BCUT2D eigenvalue weighted by atomic mass is 10.1. The van der Waals surface area contributed by atoms with Gasteiger partial charge in [-0.05, 0) is 24.7 Å². The van der Waals surface area contributed by atoms with Crippen LogP contribution in [0.15, 0.2) is 24.4 Å². The van der Waals surface area contributed by atoms with Crippen LogP contribution in [0.1, 0.15) is 0 Å². The van der Waals surface area contributed by atoms with E-state index in [1.54, 1.807) is 25.2 Å². The fraction of sp³-hybridized carbons (Fsp3) is 0.400. The van der Waals surface area contributed by atoms with Crippen molar-refractivity contribution in [3.05, 3.63) is 30.2 Å². The van der Waals surface area contributed by atoms with Gasteiger partial charge in [0.25, 0.3) is 5.92 Å². The van der Waals surface area contributed by atoms with Crippen molar-refractivity contribution in [2.75, 3.05) is 39.2 Å². The number of methoxy groups -OCH3 is 1. The summed E-state index contributed by atoms with van der Waals surface area (Å²) in [6, 6.07) is 3.74. The molecule has 1 aliphatic heterocycles. The predicted molar refractivity (Wildman–Crippen MR) is 112 cm³/mol. The second kappa shape index (κ2) is 7.83. The highest BCUT2D eigenvalue weighted by atomic mass is 19.3. The van der Waals surface area contributed by atoms with Gasteiger partial charge in [0.15, 0.2) is 5.82 Å². The standard InChI is InChI=1S/C20H20F4N8O/c1-30-9-15(20(23,24)10-30)25-19-26-18(33-2)17-16(12(22)8-32(17)28-19)11-3-4-13-14(7-11)31(6-5-21)29-27-13/h3-4,7-8,15H,5-6,9-10H2,1-2H3,(H,25,28)/t15-/m1/s1. The van der Waals surface area contributed by atoms with E-state index < -0.39 is 24.5 Å². The largest absolute Gasteiger partial charge is 0.479 e. The Morgan fingerprint density at radius 3 is 2.82 bits per heavy atom. The third-order valence-electron chi connectivity index (χ3n) is 5.63. The van der Waals surface area contributed by atoms with Gasteiger partial charge >= 0.3 is 0 Å². The van der Waals surface area contributed by atoms with E-state index in [0.29, 0.717) is 16.6 Å². The van der Waals surface area contributed by atoms with Crippen molar-refractivity contribution in [3.63, 3.8) is 0 Å². The summed E-state index contributed by atoms with van der Waals surface area (Å²) in [5.41, 5.74) is 1.90. The molecule has 1 fully saturated rings. The number of hydrogen-bond donors (Lipinski definition) is 1. The number of nitrogens with zero attached hydrogens (tertiary/aromatic N) is 7. The minimum Gasteiger partial charge on any atom is -0.479 e. The number of anilines is 1. The van der Waals surface area contributed by atoms with Crippen LogP contribution in [-0.2, 0) is 6.54 Å². The first-order valence-corrected chi connectivity index (χ1v) is 10.2. The molecule has 9 nitrogen and oxygen atoms in total. The molecule has 13 heteroatoms. The van der Waals surface area contributed by atoms with Gasteiger partial charge in [0.2, 0.25) is 11.8 Å². The van der Waals surface area contributed by atoms with Gasteiger partial charge in [-0.3, -0.25) is 4.90 Å². The van der Waals surface area contributed by atoms with Crippen LogP contribution in [0.4, 0.5) is 23.5 Å². The highest BCUT2D eigenvalue weighted by Crippen LogP contribution is 2.36. The van der Waals surface area contributed by atoms with Gasteiger partial charge < -0.3 is 10.1 Å². The number of likely N-dealkylation sites (N-methyl/N-ethyl adjacent to an activating group) is 1. The van der Waals surface area contributed by atoms with Crippen LogP contribution < -0.4 is 10.1 Å². The average molecular weight is 464 g/mol. The maximum atomic E-state index is 15.1. The lowest BCUT2D eigenvalue weighted by Gasteiger charge is -2.19. The molecule has 4 heterocycles. The average Bonchev–Trinajstić information content (AvgIpc) is 3.39. The SMILES string of the molecule is COc1nc(N[C@@H]2CN(C)CC2(F)F)nn2cc(F)c(-c3ccc4nnn(CCF)c4c3)c12. The molecule has 1 N–H and O–H groups in total. The van der Waals surface area contributed by atoms with Gasteiger partial charge in [-0.25, -0.2) is 26.8 Å². The third kappa shape index (κ3) is 3.61. The number of ether oxygens (including phenoxy) is 1. The van der Waals surface area contributed by atoms with E-state index >= 15 is 4.39 Å². The number of rotatable bonds is 6. The predicted octanol–water partition coefficient (Wildman–Crippen LogP) is 2.62. The Labute approximate surface area is 184 Å². The fourth-order valence-corrected chi connectivity index (χ4v) is 4.15. The van der Waals surface area contributed by atoms with Crippen LogP contribution in [0.2, 0.25) is 0 Å². The molecular weight excluding hydrogens is 444 g/mol. The summed E-state index contributed by atoms with van der Waals surface area (Å²) < 4.78 is 64.4. The van der Waals surface area contributed by atoms with Crippen LogP contribution in [0.3, 0.4) is 0 Å². The molecule has 0 amide bonds. The maximum Gasteiger partial charge on any atom is 0.281 e. The second-order valence-corrected chi connectivity index (χ2v) is 7.95. The molecule has 1 saturated heterocycles. The second-order valence-electron chi connectivity index (χ2n) is 7.95. The summed E-state index contributed by atoms with van der Waals surface area (Å²) in [6.07, 6.45) is 1.13. The Hall–Kier alpha value is -3.48. The number of alkyl halides is 3. The number of hydrogen-bond acceptors (Lipinski definition) is 7. The van der Waals surface area contributed by atoms with Gasteiger partial charge in [-0.15, -0.1) is 10.2 Å². The summed E-state index contributed by atoms with van der Waals surface area (Å²) in [6.45, 7) is -0.897. The van der Waals surface area contributed by atoms with Gasteiger partial charge in [0.05, 0.1) is 37.5 Å². The normalized spacial score (nSPS) is 18.4. The summed E-state index contributed by atoms with van der Waals surface area (Å²) >= 11 is 0. The first-order chi connectivity index (χ1) is 15.8. The number of benzene rings is 1. The third-order valence-corrected chi connectivity index (χ3v) is 5.63. The summed E-state index contributed by atoms with van der Waals surface area (Å²) in [7, 11) is 2.95. The van der Waals surface area contributed by atoms with Crippen LogP contribution in [0, 0.1) is 5.82 Å². The molecule has 1 atom stereocenters. The van der Waals surface area contributed by atoms with Gasteiger partial charge in [0.1, 0.15) is 23.7 Å². The first kappa shape index (κ1) is 21.4. The number of likely N-dealkylation sites (tertiary alicyclic amines) is 1. The van der Waals surface area contributed by atoms with E-state index in [1.807, 2.05) is 0 Å². The van der Waals surface area contributed by atoms with Crippen molar-refractivity contribution >= 4 is 22.5 Å². The molecule has 0 spiro atoms. The summed E-state index contributed by atoms with van der Waals surface area (Å²) in [4.78, 5) is 5.71. The van der Waals surface area contributed by atoms with E-state index in [2.05, 4.69) is 25.7 Å². The number of aromatic nitrogens is 6. The van der Waals surface area contributed by atoms with Crippen LogP contribution in [-0.4, -0.2) is 80.4 Å². The van der Waals surface area contributed by atoms with E-state index in [9.17, 15) is 13.2 Å². The number of nitrogens with one attached hydrogen (secondary N) is 1. The van der Waals surface area contributed by atoms with E-state index in [4.69, 9.17) is 4.74 Å². The molecule has 3 aromatic heterocycles. The minimum absolute atomic E-state index is 0.0107. The van der Waals surface area contributed by atoms with Crippen molar-refractivity contribution in [3.8, 4) is 17.0 Å². The van der Waals surface area contributed by atoms with Crippen molar-refractivity contribution in [1.82, 2.24) is 34.5 Å². The molecular formula is C20H20F4N8O. The molecule has 0 saturated carbocycles. The Morgan fingerprint density at radius 1 is 1.30 bits per heavy atom. The topological polar surface area (TPSA) is 85.4 Å². The van der Waals surface area contributed by atoms with Gasteiger partial charge in [0, 0.05) is 6.54 Å². The van der Waals surface area contributed by atoms with E-state index in [1.165, 1.54) is 21.2 Å². The van der Waals surface area contributed by atoms with E-state index in [-0.39, 0.29) is 42.5 Å². The molecule has 0 bridgehead atoms. The van der Waals surface area contributed by atoms with Crippen molar-refractivity contribution in [2.24, 2.45) is 0 Å². The quantitative estimate of drug-likeness (QED) is 0.439. The number of fused-ring (bicyclic) bond motifs is 2. The van der Waals surface area contributed by atoms with Crippen molar-refractivity contribution in [2.45, 2.75) is 18.5 Å². The molecule has 33 heavy (non-hydrogen) atoms. The lowest BCUT2D eigenvalue weighted by molar-refractivity contribution is 0.00583. The maximum absolute atomic E-state index is 15.1. The highest BCUT2D eigenvalue weighted by molar-refractivity contribution is 5.89. The van der Waals surface area contributed by atoms with Gasteiger partial charge in [-0.2, -0.15) is 4.98 Å². The molecule has 1 aromatic carbocycles. The zero-order valence-corrected chi connectivity index (χ0v) is 17.8. The summed E-state index contributed by atoms with van der Waals surface area (Å²) in [5.74, 6) is -3.69. The zero-order valence-electron chi connectivity index (χ0n) is 17.8. The monoisotopic (exact) mass is 464 g/mol. The molecule has 0 unspecified atom stereocenters. The summed E-state index contributed by atoms with van der Waals surface area (Å²) in [5, 5.41) is 14.7. The van der Waals surface area contributed by atoms with Crippen LogP contribution >= 0.6 is 0 Å². The Kier molecular flexibility index (Phi) is 5.07. The highest BCUT2D eigenvalue weighted by Gasteiger charge is 2.47. The van der Waals surface area contributed by atoms with Crippen molar-refractivity contribution < 1.29 is 22.3 Å². The smallest absolute Gasteiger partial charge is 0.281 e. The minimum atomic E-state index is -2.97. The van der Waals surface area contributed by atoms with Crippen molar-refractivity contribution in [1.29, 1.82) is 0 Å². The Bertz CT molecular complexity index is 1340. The van der Waals surface area contributed by atoms with E-state index in [0.717, 1.165) is 6.20 Å². The number of aryl methyl sites for hydroxylation is 1.